The van der Waals surface area contributed by atoms with Gasteiger partial charge in [0.05, 0.1) is 20.3 Å². The second-order valence-electron chi connectivity index (χ2n) is 4.62. The van der Waals surface area contributed by atoms with Crippen LogP contribution in [0, 0.1) is 12.8 Å². The van der Waals surface area contributed by atoms with Crippen LogP contribution >= 0.6 is 0 Å². The second-order valence-corrected chi connectivity index (χ2v) is 4.62. The topological polar surface area (TPSA) is 55.8 Å². The molecule has 4 heteroatoms. The van der Waals surface area contributed by atoms with Crippen LogP contribution in [-0.4, -0.2) is 25.3 Å². The number of methoxy groups -OCH3 is 2. The van der Waals surface area contributed by atoms with E-state index in [0.717, 1.165) is 5.56 Å². The van der Waals surface area contributed by atoms with Crippen LogP contribution in [0.2, 0.25) is 0 Å². The van der Waals surface area contributed by atoms with Crippen molar-refractivity contribution < 1.29 is 19.4 Å². The maximum atomic E-state index is 11.7. The standard InChI is InChI=1S/C14H20O4/c1-8(2)12(15)10-6-9(3)7-11(13(10)17-4)14(16)18-5/h6-8,12,15H,1-5H3. The molecule has 0 heterocycles. The molecule has 1 N–H and O–H groups in total. The van der Waals surface area contributed by atoms with Gasteiger partial charge < -0.3 is 14.6 Å². The Balaban J connectivity index is 3.42. The van der Waals surface area contributed by atoms with Crippen molar-refractivity contribution in [3.63, 3.8) is 0 Å². The number of hydrogen-bond acceptors (Lipinski definition) is 4. The highest BCUT2D eigenvalue weighted by Gasteiger charge is 2.23. The van der Waals surface area contributed by atoms with Crippen LogP contribution in [0.5, 0.6) is 5.75 Å². The summed E-state index contributed by atoms with van der Waals surface area (Å²) in [7, 11) is 2.80. The molecule has 0 saturated carbocycles. The van der Waals surface area contributed by atoms with E-state index in [1.54, 1.807) is 6.07 Å². The average Bonchev–Trinajstić information content (AvgIpc) is 2.35. The van der Waals surface area contributed by atoms with Crippen LogP contribution in [-0.2, 0) is 4.74 Å². The zero-order chi connectivity index (χ0) is 13.9. The van der Waals surface area contributed by atoms with Crippen molar-refractivity contribution in [3.8, 4) is 5.75 Å². The van der Waals surface area contributed by atoms with Gasteiger partial charge in [0.1, 0.15) is 11.3 Å². The quantitative estimate of drug-likeness (QED) is 0.836. The van der Waals surface area contributed by atoms with Crippen molar-refractivity contribution in [2.24, 2.45) is 5.92 Å². The Bertz CT molecular complexity index is 438. The fourth-order valence-electron chi connectivity index (χ4n) is 1.87. The van der Waals surface area contributed by atoms with E-state index in [1.807, 2.05) is 26.8 Å². The van der Waals surface area contributed by atoms with Gasteiger partial charge in [0, 0.05) is 5.56 Å². The van der Waals surface area contributed by atoms with E-state index in [-0.39, 0.29) is 5.92 Å². The maximum Gasteiger partial charge on any atom is 0.341 e. The fourth-order valence-corrected chi connectivity index (χ4v) is 1.87. The molecule has 1 unspecified atom stereocenters. The van der Waals surface area contributed by atoms with Crippen molar-refractivity contribution in [1.29, 1.82) is 0 Å². The lowest BCUT2D eigenvalue weighted by Crippen LogP contribution is -2.12. The maximum absolute atomic E-state index is 11.7. The van der Waals surface area contributed by atoms with E-state index in [9.17, 15) is 9.90 Å². The summed E-state index contributed by atoms with van der Waals surface area (Å²) in [5.41, 5.74) is 1.84. The van der Waals surface area contributed by atoms with Gasteiger partial charge in [0.25, 0.3) is 0 Å². The number of aliphatic hydroxyl groups excluding tert-OH is 1. The van der Waals surface area contributed by atoms with Gasteiger partial charge in [-0.25, -0.2) is 4.79 Å². The van der Waals surface area contributed by atoms with Crippen LogP contribution in [0.1, 0.15) is 41.4 Å². The van der Waals surface area contributed by atoms with Gasteiger partial charge in [0.2, 0.25) is 0 Å². The third kappa shape index (κ3) is 2.82. The predicted molar refractivity (Wildman–Crippen MR) is 68.9 cm³/mol. The van der Waals surface area contributed by atoms with Crippen molar-refractivity contribution >= 4 is 5.97 Å². The van der Waals surface area contributed by atoms with E-state index in [2.05, 4.69) is 0 Å². The van der Waals surface area contributed by atoms with Gasteiger partial charge in [-0.05, 0) is 30.5 Å². The Kier molecular flexibility index (Phi) is 4.73. The van der Waals surface area contributed by atoms with Crippen molar-refractivity contribution in [1.82, 2.24) is 0 Å². The highest BCUT2D eigenvalue weighted by molar-refractivity contribution is 5.93. The minimum atomic E-state index is -0.678. The Morgan fingerprint density at radius 3 is 2.33 bits per heavy atom. The molecule has 1 rings (SSSR count). The molecule has 0 aliphatic carbocycles. The van der Waals surface area contributed by atoms with Crippen LogP contribution < -0.4 is 4.74 Å². The first-order chi connectivity index (χ1) is 8.42. The first-order valence-corrected chi connectivity index (χ1v) is 5.87. The van der Waals surface area contributed by atoms with Crippen molar-refractivity contribution in [3.05, 3.63) is 28.8 Å². The van der Waals surface area contributed by atoms with E-state index >= 15 is 0 Å². The van der Waals surface area contributed by atoms with Gasteiger partial charge in [-0.3, -0.25) is 0 Å². The molecule has 0 fully saturated rings. The molecule has 0 bridgehead atoms. The number of carbonyl (C=O) groups excluding carboxylic acids is 1. The van der Waals surface area contributed by atoms with Crippen LogP contribution in [0.15, 0.2) is 12.1 Å². The zero-order valence-electron chi connectivity index (χ0n) is 11.5. The first-order valence-electron chi connectivity index (χ1n) is 5.87. The van der Waals surface area contributed by atoms with Crippen molar-refractivity contribution in [2.45, 2.75) is 26.9 Å². The molecule has 0 aliphatic rings. The van der Waals surface area contributed by atoms with E-state index < -0.39 is 12.1 Å². The lowest BCUT2D eigenvalue weighted by Gasteiger charge is -2.20. The number of esters is 1. The molecule has 1 aromatic carbocycles. The molecule has 0 aromatic heterocycles. The first kappa shape index (κ1) is 14.5. The van der Waals surface area contributed by atoms with Gasteiger partial charge in [0.15, 0.2) is 0 Å². The molecule has 0 radical (unpaired) electrons. The largest absolute Gasteiger partial charge is 0.495 e. The normalized spacial score (nSPS) is 12.4. The minimum Gasteiger partial charge on any atom is -0.495 e. The molecule has 100 valence electrons. The Hall–Kier alpha value is -1.55. The molecular formula is C14H20O4. The molecule has 0 amide bonds. The third-order valence-corrected chi connectivity index (χ3v) is 2.82. The lowest BCUT2D eigenvalue weighted by atomic mass is 9.94. The molecule has 18 heavy (non-hydrogen) atoms. The SMILES string of the molecule is COC(=O)c1cc(C)cc(C(O)C(C)C)c1OC. The number of aryl methyl sites for hydroxylation is 1. The number of ether oxygens (including phenoxy) is 2. The summed E-state index contributed by atoms with van der Waals surface area (Å²) in [6.07, 6.45) is -0.678. The Labute approximate surface area is 108 Å². The van der Waals surface area contributed by atoms with E-state index in [4.69, 9.17) is 9.47 Å². The fraction of sp³-hybridized carbons (Fsp3) is 0.500. The summed E-state index contributed by atoms with van der Waals surface area (Å²) in [6.45, 7) is 5.68. The van der Waals surface area contributed by atoms with Crippen LogP contribution in [0.25, 0.3) is 0 Å². The number of carbonyl (C=O) groups is 1. The van der Waals surface area contributed by atoms with Crippen LogP contribution in [0.3, 0.4) is 0 Å². The summed E-state index contributed by atoms with van der Waals surface area (Å²) in [5, 5.41) is 10.2. The summed E-state index contributed by atoms with van der Waals surface area (Å²) in [4.78, 5) is 11.7. The number of benzene rings is 1. The molecule has 1 aromatic rings. The predicted octanol–water partition coefficient (Wildman–Crippen LogP) is 2.48. The van der Waals surface area contributed by atoms with Crippen LogP contribution in [0.4, 0.5) is 0 Å². The smallest absolute Gasteiger partial charge is 0.341 e. The van der Waals surface area contributed by atoms with E-state index in [0.29, 0.717) is 16.9 Å². The number of rotatable bonds is 4. The second kappa shape index (κ2) is 5.87. The average molecular weight is 252 g/mol. The van der Waals surface area contributed by atoms with Crippen molar-refractivity contribution in [2.75, 3.05) is 14.2 Å². The summed E-state index contributed by atoms with van der Waals surface area (Å²) in [5.74, 6) is -0.0485. The molecule has 4 nitrogen and oxygen atoms in total. The van der Waals surface area contributed by atoms with Gasteiger partial charge >= 0.3 is 5.97 Å². The van der Waals surface area contributed by atoms with Gasteiger partial charge in [-0.15, -0.1) is 0 Å². The highest BCUT2D eigenvalue weighted by atomic mass is 16.5. The Morgan fingerprint density at radius 2 is 1.89 bits per heavy atom. The molecule has 0 aliphatic heterocycles. The van der Waals surface area contributed by atoms with Gasteiger partial charge in [-0.2, -0.15) is 0 Å². The lowest BCUT2D eigenvalue weighted by molar-refractivity contribution is 0.0595. The number of aliphatic hydroxyl groups is 1. The molecule has 0 spiro atoms. The monoisotopic (exact) mass is 252 g/mol. The zero-order valence-corrected chi connectivity index (χ0v) is 11.5. The van der Waals surface area contributed by atoms with Gasteiger partial charge in [-0.1, -0.05) is 13.8 Å². The summed E-state index contributed by atoms with van der Waals surface area (Å²) < 4.78 is 9.99. The minimum absolute atomic E-state index is 0.0335. The Morgan fingerprint density at radius 1 is 1.28 bits per heavy atom. The molecular weight excluding hydrogens is 232 g/mol. The number of hydrogen-bond donors (Lipinski definition) is 1. The highest BCUT2D eigenvalue weighted by Crippen LogP contribution is 2.34. The van der Waals surface area contributed by atoms with E-state index in [1.165, 1.54) is 14.2 Å². The third-order valence-electron chi connectivity index (χ3n) is 2.82. The summed E-state index contributed by atoms with van der Waals surface area (Å²) in [6, 6.07) is 3.52. The summed E-state index contributed by atoms with van der Waals surface area (Å²) >= 11 is 0. The molecule has 1 atom stereocenters. The molecule has 0 saturated heterocycles.